The Morgan fingerprint density at radius 3 is 3.04 bits per heavy atom. The van der Waals surface area contributed by atoms with E-state index in [1.54, 1.807) is 11.3 Å². The summed E-state index contributed by atoms with van der Waals surface area (Å²) in [6.45, 7) is 2.78. The molecule has 5 heteroatoms. The number of furan rings is 1. The lowest BCUT2D eigenvalue weighted by Gasteiger charge is -2.12. The Kier molecular flexibility index (Phi) is 4.65. The van der Waals surface area contributed by atoms with E-state index in [2.05, 4.69) is 40.9 Å². The average molecular weight is 351 g/mol. The van der Waals surface area contributed by atoms with E-state index in [4.69, 9.17) is 9.52 Å². The summed E-state index contributed by atoms with van der Waals surface area (Å²) in [7, 11) is 0. The van der Waals surface area contributed by atoms with Crippen molar-refractivity contribution in [3.05, 3.63) is 52.7 Å². The number of benzene rings is 1. The second-order valence-corrected chi connectivity index (χ2v) is 6.98. The van der Waals surface area contributed by atoms with Crippen molar-refractivity contribution in [1.29, 1.82) is 0 Å². The number of aromatic nitrogens is 1. The SMILES string of the molecule is CCN=c1scc(-c2cc3ccccc3o2)n1N=CC1CC=CCC1. The van der Waals surface area contributed by atoms with E-state index in [-0.39, 0.29) is 0 Å². The van der Waals surface area contributed by atoms with E-state index < -0.39 is 0 Å². The van der Waals surface area contributed by atoms with Crippen LogP contribution in [-0.4, -0.2) is 17.4 Å². The molecule has 1 unspecified atom stereocenters. The van der Waals surface area contributed by atoms with Gasteiger partial charge < -0.3 is 4.42 Å². The molecule has 2 heterocycles. The molecule has 1 atom stereocenters. The van der Waals surface area contributed by atoms with Gasteiger partial charge in [0, 0.05) is 23.5 Å². The van der Waals surface area contributed by atoms with Crippen molar-refractivity contribution < 1.29 is 4.42 Å². The van der Waals surface area contributed by atoms with Crippen molar-refractivity contribution in [2.75, 3.05) is 6.54 Å². The first-order valence-corrected chi connectivity index (χ1v) is 9.62. The van der Waals surface area contributed by atoms with Crippen LogP contribution in [0.5, 0.6) is 0 Å². The quantitative estimate of drug-likeness (QED) is 0.478. The second kappa shape index (κ2) is 7.23. The number of rotatable bonds is 4. The Bertz CT molecular complexity index is 957. The van der Waals surface area contributed by atoms with Gasteiger partial charge in [0.2, 0.25) is 4.80 Å². The number of nitrogens with zero attached hydrogens (tertiary/aromatic N) is 3. The van der Waals surface area contributed by atoms with Gasteiger partial charge in [-0.15, -0.1) is 11.3 Å². The lowest BCUT2D eigenvalue weighted by molar-refractivity contribution is 0.612. The van der Waals surface area contributed by atoms with Crippen LogP contribution in [0.1, 0.15) is 26.2 Å². The van der Waals surface area contributed by atoms with Crippen molar-refractivity contribution in [1.82, 2.24) is 4.68 Å². The van der Waals surface area contributed by atoms with Crippen LogP contribution in [0.15, 0.2) is 62.4 Å². The summed E-state index contributed by atoms with van der Waals surface area (Å²) >= 11 is 1.60. The molecule has 2 aromatic heterocycles. The van der Waals surface area contributed by atoms with Gasteiger partial charge in [-0.25, -0.2) is 4.68 Å². The van der Waals surface area contributed by atoms with Crippen molar-refractivity contribution in [2.24, 2.45) is 16.0 Å². The van der Waals surface area contributed by atoms with Crippen molar-refractivity contribution in [3.63, 3.8) is 0 Å². The molecule has 3 aromatic rings. The van der Waals surface area contributed by atoms with E-state index >= 15 is 0 Å². The minimum atomic E-state index is 0.496. The molecule has 1 aliphatic rings. The molecule has 0 bridgehead atoms. The van der Waals surface area contributed by atoms with Crippen LogP contribution in [-0.2, 0) is 0 Å². The average Bonchev–Trinajstić information content (AvgIpc) is 3.25. The molecule has 1 aliphatic carbocycles. The monoisotopic (exact) mass is 351 g/mol. The summed E-state index contributed by atoms with van der Waals surface area (Å²) in [6, 6.07) is 10.1. The fraction of sp³-hybridized carbons (Fsp3) is 0.300. The smallest absolute Gasteiger partial charge is 0.206 e. The van der Waals surface area contributed by atoms with Crippen molar-refractivity contribution >= 4 is 28.5 Å². The third-order valence-corrected chi connectivity index (χ3v) is 5.21. The van der Waals surface area contributed by atoms with E-state index in [1.807, 2.05) is 29.8 Å². The van der Waals surface area contributed by atoms with Gasteiger partial charge in [0.05, 0.1) is 0 Å². The molecule has 25 heavy (non-hydrogen) atoms. The first kappa shape index (κ1) is 16.1. The highest BCUT2D eigenvalue weighted by Crippen LogP contribution is 2.28. The lowest BCUT2D eigenvalue weighted by atomic mass is 9.96. The van der Waals surface area contributed by atoms with Crippen LogP contribution in [0.25, 0.3) is 22.4 Å². The van der Waals surface area contributed by atoms with Crippen LogP contribution >= 0.6 is 11.3 Å². The Hall–Kier alpha value is -2.40. The predicted octanol–water partition coefficient (Wildman–Crippen LogP) is 5.07. The summed E-state index contributed by atoms with van der Waals surface area (Å²) < 4.78 is 7.96. The normalized spacial score (nSPS) is 18.6. The number of thiazole rings is 1. The minimum Gasteiger partial charge on any atom is -0.454 e. The lowest BCUT2D eigenvalue weighted by Crippen LogP contribution is -2.14. The molecule has 0 amide bonds. The second-order valence-electron chi connectivity index (χ2n) is 6.15. The summed E-state index contributed by atoms with van der Waals surface area (Å²) in [5.41, 5.74) is 1.85. The zero-order valence-corrected chi connectivity index (χ0v) is 15.1. The van der Waals surface area contributed by atoms with Gasteiger partial charge in [-0.1, -0.05) is 30.4 Å². The molecular formula is C20H21N3OS. The highest BCUT2D eigenvalue weighted by atomic mass is 32.1. The molecule has 0 fully saturated rings. The van der Waals surface area contributed by atoms with Crippen LogP contribution in [0.4, 0.5) is 0 Å². The van der Waals surface area contributed by atoms with Crippen LogP contribution in [0, 0.1) is 5.92 Å². The van der Waals surface area contributed by atoms with E-state index in [9.17, 15) is 0 Å². The molecule has 0 N–H and O–H groups in total. The van der Waals surface area contributed by atoms with Crippen molar-refractivity contribution in [3.8, 4) is 11.5 Å². The van der Waals surface area contributed by atoms with Crippen LogP contribution in [0.2, 0.25) is 0 Å². The molecular weight excluding hydrogens is 330 g/mol. The fourth-order valence-corrected chi connectivity index (χ4v) is 3.93. The summed E-state index contributed by atoms with van der Waals surface area (Å²) in [5, 5.41) is 7.95. The van der Waals surface area contributed by atoms with Crippen LogP contribution < -0.4 is 4.80 Å². The first-order valence-electron chi connectivity index (χ1n) is 8.74. The van der Waals surface area contributed by atoms with Gasteiger partial charge in [-0.3, -0.25) is 4.99 Å². The van der Waals surface area contributed by atoms with E-state index in [1.165, 1.54) is 0 Å². The van der Waals surface area contributed by atoms with Gasteiger partial charge >= 0.3 is 0 Å². The van der Waals surface area contributed by atoms with E-state index in [0.717, 1.165) is 53.0 Å². The zero-order valence-electron chi connectivity index (χ0n) is 14.3. The largest absolute Gasteiger partial charge is 0.454 e. The van der Waals surface area contributed by atoms with Gasteiger partial charge in [-0.05, 0) is 44.2 Å². The van der Waals surface area contributed by atoms with Gasteiger partial charge in [0.15, 0.2) is 5.76 Å². The number of hydrogen-bond donors (Lipinski definition) is 0. The molecule has 4 nitrogen and oxygen atoms in total. The molecule has 0 saturated carbocycles. The number of hydrogen-bond acceptors (Lipinski definition) is 4. The maximum Gasteiger partial charge on any atom is 0.206 e. The maximum atomic E-state index is 6.04. The molecule has 0 aliphatic heterocycles. The Morgan fingerprint density at radius 2 is 2.24 bits per heavy atom. The Balaban J connectivity index is 1.76. The zero-order chi connectivity index (χ0) is 17.1. The Labute approximate surface area is 150 Å². The minimum absolute atomic E-state index is 0.496. The molecule has 1 aromatic carbocycles. The predicted molar refractivity (Wildman–Crippen MR) is 104 cm³/mol. The summed E-state index contributed by atoms with van der Waals surface area (Å²) in [4.78, 5) is 5.49. The highest BCUT2D eigenvalue weighted by molar-refractivity contribution is 7.07. The molecule has 128 valence electrons. The summed E-state index contributed by atoms with van der Waals surface area (Å²) in [5.74, 6) is 1.33. The highest BCUT2D eigenvalue weighted by Gasteiger charge is 2.13. The van der Waals surface area contributed by atoms with Gasteiger partial charge in [0.1, 0.15) is 11.3 Å². The molecule has 4 rings (SSSR count). The topological polar surface area (TPSA) is 42.8 Å². The van der Waals surface area contributed by atoms with Crippen molar-refractivity contribution in [2.45, 2.75) is 26.2 Å². The van der Waals surface area contributed by atoms with Gasteiger partial charge in [-0.2, -0.15) is 5.10 Å². The Morgan fingerprint density at radius 1 is 1.32 bits per heavy atom. The number of allylic oxidation sites excluding steroid dienone is 2. The van der Waals surface area contributed by atoms with Crippen LogP contribution in [0.3, 0.4) is 0 Å². The third kappa shape index (κ3) is 3.37. The molecule has 0 radical (unpaired) electrons. The number of fused-ring (bicyclic) bond motifs is 1. The molecule has 0 saturated heterocycles. The van der Waals surface area contributed by atoms with Gasteiger partial charge in [0.25, 0.3) is 0 Å². The van der Waals surface area contributed by atoms with E-state index in [0.29, 0.717) is 5.92 Å². The fourth-order valence-electron chi connectivity index (χ4n) is 3.05. The number of para-hydroxylation sites is 1. The maximum absolute atomic E-state index is 6.04. The third-order valence-electron chi connectivity index (χ3n) is 4.36. The first-order chi connectivity index (χ1) is 12.3. The summed E-state index contributed by atoms with van der Waals surface area (Å²) in [6.07, 6.45) is 9.92. The standard InChI is InChI=1S/C20H21N3OS/c1-2-21-20-23(22-13-15-8-4-3-5-9-15)17(14-25-20)19-12-16-10-6-7-11-18(16)24-19/h3-4,6-7,10-15H,2,5,8-9H2,1H3. The molecule has 0 spiro atoms.